The SMILES string of the molecule is OCCC#Cc1ccccc1OCc1cccc(F)c1Cl. The molecule has 2 nitrogen and oxygen atoms in total. The second-order valence-corrected chi connectivity index (χ2v) is 4.65. The minimum Gasteiger partial charge on any atom is -0.488 e. The maximum absolute atomic E-state index is 13.4. The van der Waals surface area contributed by atoms with E-state index in [1.54, 1.807) is 18.2 Å². The molecule has 0 bridgehead atoms. The Balaban J connectivity index is 2.14. The maximum Gasteiger partial charge on any atom is 0.142 e. The number of halogens is 2. The lowest BCUT2D eigenvalue weighted by Gasteiger charge is -2.09. The summed E-state index contributed by atoms with van der Waals surface area (Å²) in [6.45, 7) is 0.185. The molecular weight excluding hydrogens is 291 g/mol. The van der Waals surface area contributed by atoms with Crippen molar-refractivity contribution in [3.8, 4) is 17.6 Å². The van der Waals surface area contributed by atoms with Crippen LogP contribution in [0.25, 0.3) is 0 Å². The summed E-state index contributed by atoms with van der Waals surface area (Å²) in [5, 5.41) is 8.81. The van der Waals surface area contributed by atoms with Gasteiger partial charge in [-0.1, -0.05) is 47.7 Å². The summed E-state index contributed by atoms with van der Waals surface area (Å²) in [6, 6.07) is 11.9. The number of hydrogen-bond donors (Lipinski definition) is 1. The van der Waals surface area contributed by atoms with Crippen molar-refractivity contribution in [3.63, 3.8) is 0 Å². The van der Waals surface area contributed by atoms with Crippen LogP contribution < -0.4 is 4.74 Å². The van der Waals surface area contributed by atoms with E-state index >= 15 is 0 Å². The van der Waals surface area contributed by atoms with Gasteiger partial charge < -0.3 is 9.84 Å². The average Bonchev–Trinajstić information content (AvgIpc) is 2.50. The third-order valence-electron chi connectivity index (χ3n) is 2.76. The Morgan fingerprint density at radius 2 is 1.95 bits per heavy atom. The predicted octanol–water partition coefficient (Wildman–Crippen LogP) is 3.79. The molecule has 0 atom stereocenters. The van der Waals surface area contributed by atoms with Crippen LogP contribution in [0.5, 0.6) is 5.75 Å². The summed E-state index contributed by atoms with van der Waals surface area (Å²) >= 11 is 5.89. The quantitative estimate of drug-likeness (QED) is 0.871. The zero-order valence-electron chi connectivity index (χ0n) is 11.3. The van der Waals surface area contributed by atoms with Gasteiger partial charge >= 0.3 is 0 Å². The number of para-hydroxylation sites is 1. The van der Waals surface area contributed by atoms with E-state index in [2.05, 4.69) is 11.8 Å². The summed E-state index contributed by atoms with van der Waals surface area (Å²) in [4.78, 5) is 0. The Hall–Kier alpha value is -2.02. The van der Waals surface area contributed by atoms with Crippen LogP contribution in [0, 0.1) is 17.7 Å². The summed E-state index contributed by atoms with van der Waals surface area (Å²) in [5.74, 6) is 5.91. The van der Waals surface area contributed by atoms with Gasteiger partial charge in [0, 0.05) is 12.0 Å². The van der Waals surface area contributed by atoms with Crippen LogP contribution in [0.4, 0.5) is 4.39 Å². The summed E-state index contributed by atoms with van der Waals surface area (Å²) < 4.78 is 19.0. The highest BCUT2D eigenvalue weighted by Gasteiger charge is 2.07. The predicted molar refractivity (Wildman–Crippen MR) is 80.8 cm³/mol. The van der Waals surface area contributed by atoms with Crippen molar-refractivity contribution in [2.45, 2.75) is 13.0 Å². The van der Waals surface area contributed by atoms with Gasteiger partial charge in [0.15, 0.2) is 0 Å². The average molecular weight is 305 g/mol. The van der Waals surface area contributed by atoms with Crippen molar-refractivity contribution < 1.29 is 14.2 Å². The molecule has 0 aromatic heterocycles. The molecule has 108 valence electrons. The van der Waals surface area contributed by atoms with E-state index in [1.807, 2.05) is 18.2 Å². The highest BCUT2D eigenvalue weighted by molar-refractivity contribution is 6.31. The zero-order valence-corrected chi connectivity index (χ0v) is 12.0. The molecule has 1 N–H and O–H groups in total. The first-order chi connectivity index (χ1) is 10.2. The molecule has 4 heteroatoms. The molecule has 0 amide bonds. The Kier molecular flexibility index (Phi) is 5.62. The van der Waals surface area contributed by atoms with Crippen molar-refractivity contribution in [1.82, 2.24) is 0 Å². The molecule has 0 fully saturated rings. The van der Waals surface area contributed by atoms with E-state index in [0.29, 0.717) is 17.7 Å². The Morgan fingerprint density at radius 1 is 1.14 bits per heavy atom. The molecule has 0 spiro atoms. The second kappa shape index (κ2) is 7.68. The number of rotatable bonds is 4. The van der Waals surface area contributed by atoms with Crippen molar-refractivity contribution in [2.24, 2.45) is 0 Å². The third-order valence-corrected chi connectivity index (χ3v) is 3.18. The van der Waals surface area contributed by atoms with Crippen molar-refractivity contribution >= 4 is 11.6 Å². The molecule has 0 saturated heterocycles. The van der Waals surface area contributed by atoms with Crippen LogP contribution in [0.15, 0.2) is 42.5 Å². The van der Waals surface area contributed by atoms with E-state index in [-0.39, 0.29) is 18.2 Å². The zero-order chi connectivity index (χ0) is 15.1. The lowest BCUT2D eigenvalue weighted by atomic mass is 10.2. The number of benzene rings is 2. The van der Waals surface area contributed by atoms with Gasteiger partial charge in [-0.15, -0.1) is 0 Å². The van der Waals surface area contributed by atoms with Crippen molar-refractivity contribution in [1.29, 1.82) is 0 Å². The molecule has 2 rings (SSSR count). The van der Waals surface area contributed by atoms with Crippen LogP contribution in [0.2, 0.25) is 5.02 Å². The molecule has 0 aliphatic heterocycles. The number of hydrogen-bond acceptors (Lipinski definition) is 2. The lowest BCUT2D eigenvalue weighted by Crippen LogP contribution is -1.99. The fourth-order valence-electron chi connectivity index (χ4n) is 1.72. The standard InChI is InChI=1S/C17H14ClFO2/c18-17-14(8-5-9-15(17)19)12-21-16-10-2-1-6-13(16)7-3-4-11-20/h1-2,5-6,8-10,20H,4,11-12H2. The molecule has 0 unspecified atom stereocenters. The minimum absolute atomic E-state index is 0.0227. The van der Waals surface area contributed by atoms with Crippen LogP contribution >= 0.6 is 11.6 Å². The normalized spacial score (nSPS) is 9.86. The van der Waals surface area contributed by atoms with Gasteiger partial charge in [0.05, 0.1) is 17.2 Å². The highest BCUT2D eigenvalue weighted by atomic mass is 35.5. The largest absolute Gasteiger partial charge is 0.488 e. The van der Waals surface area contributed by atoms with Gasteiger partial charge in [0.1, 0.15) is 18.2 Å². The fourth-order valence-corrected chi connectivity index (χ4v) is 1.91. The molecule has 0 radical (unpaired) electrons. The van der Waals surface area contributed by atoms with E-state index < -0.39 is 5.82 Å². The van der Waals surface area contributed by atoms with Gasteiger partial charge in [0.2, 0.25) is 0 Å². The first-order valence-electron chi connectivity index (χ1n) is 6.47. The van der Waals surface area contributed by atoms with Gasteiger partial charge in [0.25, 0.3) is 0 Å². The van der Waals surface area contributed by atoms with E-state index in [9.17, 15) is 4.39 Å². The van der Waals surface area contributed by atoms with Crippen LogP contribution in [-0.2, 0) is 6.61 Å². The van der Waals surface area contributed by atoms with Crippen LogP contribution in [-0.4, -0.2) is 11.7 Å². The van der Waals surface area contributed by atoms with Crippen LogP contribution in [0.3, 0.4) is 0 Å². The van der Waals surface area contributed by atoms with Gasteiger partial charge in [-0.3, -0.25) is 0 Å². The molecule has 0 aliphatic rings. The van der Waals surface area contributed by atoms with Crippen LogP contribution in [0.1, 0.15) is 17.5 Å². The number of aliphatic hydroxyl groups is 1. The first-order valence-corrected chi connectivity index (χ1v) is 6.84. The summed E-state index contributed by atoms with van der Waals surface area (Å²) in [7, 11) is 0. The van der Waals surface area contributed by atoms with E-state index in [4.69, 9.17) is 21.4 Å². The smallest absolute Gasteiger partial charge is 0.142 e. The Morgan fingerprint density at radius 3 is 2.76 bits per heavy atom. The van der Waals surface area contributed by atoms with E-state index in [0.717, 1.165) is 5.56 Å². The fraction of sp³-hybridized carbons (Fsp3) is 0.176. The molecule has 0 saturated carbocycles. The lowest BCUT2D eigenvalue weighted by molar-refractivity contribution is 0.304. The molecule has 0 aliphatic carbocycles. The topological polar surface area (TPSA) is 29.5 Å². The number of aliphatic hydroxyl groups excluding tert-OH is 1. The molecule has 2 aromatic carbocycles. The highest BCUT2D eigenvalue weighted by Crippen LogP contribution is 2.23. The first kappa shape index (κ1) is 15.4. The maximum atomic E-state index is 13.4. The van der Waals surface area contributed by atoms with Crippen molar-refractivity contribution in [2.75, 3.05) is 6.61 Å². The minimum atomic E-state index is -0.464. The van der Waals surface area contributed by atoms with Gasteiger partial charge in [-0.05, 0) is 18.2 Å². The van der Waals surface area contributed by atoms with Gasteiger partial charge in [-0.2, -0.15) is 0 Å². The van der Waals surface area contributed by atoms with E-state index in [1.165, 1.54) is 6.07 Å². The number of ether oxygens (including phenoxy) is 1. The Labute approximate surface area is 128 Å². The summed E-state index contributed by atoms with van der Waals surface area (Å²) in [5.41, 5.74) is 1.30. The third kappa shape index (κ3) is 4.22. The molecular formula is C17H14ClFO2. The molecule has 21 heavy (non-hydrogen) atoms. The Bertz CT molecular complexity index is 674. The molecule has 2 aromatic rings. The molecule has 0 heterocycles. The second-order valence-electron chi connectivity index (χ2n) is 4.27. The monoisotopic (exact) mass is 304 g/mol. The van der Waals surface area contributed by atoms with Crippen molar-refractivity contribution in [3.05, 3.63) is 64.4 Å². The summed E-state index contributed by atoms with van der Waals surface area (Å²) in [6.07, 6.45) is 0.407. The van der Waals surface area contributed by atoms with Gasteiger partial charge in [-0.25, -0.2) is 4.39 Å².